The summed E-state index contributed by atoms with van der Waals surface area (Å²) in [6.45, 7) is 13.7. The predicted octanol–water partition coefficient (Wildman–Crippen LogP) is 3.29. The van der Waals surface area contributed by atoms with Crippen LogP contribution in [0.1, 0.15) is 38.8 Å². The van der Waals surface area contributed by atoms with Crippen molar-refractivity contribution in [2.45, 2.75) is 46.8 Å². The molecular weight excluding hydrogens is 260 g/mol. The van der Waals surface area contributed by atoms with Crippen molar-refractivity contribution in [2.75, 3.05) is 26.8 Å². The van der Waals surface area contributed by atoms with Gasteiger partial charge in [-0.3, -0.25) is 4.90 Å². The van der Waals surface area contributed by atoms with Gasteiger partial charge < -0.3 is 10.1 Å². The zero-order valence-corrected chi connectivity index (χ0v) is 14.4. The molecule has 3 heteroatoms. The van der Waals surface area contributed by atoms with E-state index < -0.39 is 0 Å². The summed E-state index contributed by atoms with van der Waals surface area (Å²) in [4.78, 5) is 2.46. The highest BCUT2D eigenvalue weighted by Gasteiger charge is 2.13. The average molecular weight is 292 g/mol. The van der Waals surface area contributed by atoms with Crippen molar-refractivity contribution in [2.24, 2.45) is 5.92 Å². The van der Waals surface area contributed by atoms with Crippen molar-refractivity contribution in [1.29, 1.82) is 0 Å². The molecule has 1 unspecified atom stereocenters. The molecule has 0 saturated heterocycles. The van der Waals surface area contributed by atoms with Crippen LogP contribution < -0.4 is 5.32 Å². The first-order chi connectivity index (χ1) is 10.1. The monoisotopic (exact) mass is 292 g/mol. The summed E-state index contributed by atoms with van der Waals surface area (Å²) in [6.07, 6.45) is 0. The van der Waals surface area contributed by atoms with Gasteiger partial charge in [-0.1, -0.05) is 45.0 Å². The van der Waals surface area contributed by atoms with Crippen LogP contribution in [0.4, 0.5) is 0 Å². The molecule has 0 amide bonds. The van der Waals surface area contributed by atoms with E-state index in [1.54, 1.807) is 7.11 Å². The van der Waals surface area contributed by atoms with Gasteiger partial charge in [0, 0.05) is 26.2 Å². The van der Waals surface area contributed by atoms with E-state index in [1.165, 1.54) is 11.1 Å². The summed E-state index contributed by atoms with van der Waals surface area (Å²) >= 11 is 0. The van der Waals surface area contributed by atoms with Crippen LogP contribution in [0.15, 0.2) is 24.3 Å². The summed E-state index contributed by atoms with van der Waals surface area (Å²) in [6, 6.07) is 9.18. The molecule has 0 bridgehead atoms. The van der Waals surface area contributed by atoms with Gasteiger partial charge in [0.15, 0.2) is 0 Å². The molecule has 0 heterocycles. The largest absolute Gasteiger partial charge is 0.383 e. The summed E-state index contributed by atoms with van der Waals surface area (Å²) in [5.74, 6) is 0.686. The minimum atomic E-state index is 0.441. The van der Waals surface area contributed by atoms with Crippen molar-refractivity contribution in [3.63, 3.8) is 0 Å². The van der Waals surface area contributed by atoms with Crippen LogP contribution in [0.5, 0.6) is 0 Å². The molecule has 0 radical (unpaired) electrons. The first-order valence-electron chi connectivity index (χ1n) is 8.08. The summed E-state index contributed by atoms with van der Waals surface area (Å²) in [5, 5.41) is 3.54. The van der Waals surface area contributed by atoms with Crippen molar-refractivity contribution in [1.82, 2.24) is 10.2 Å². The number of methoxy groups -OCH3 is 1. The average Bonchev–Trinajstić information content (AvgIpc) is 2.46. The Hall–Kier alpha value is -0.900. The minimum Gasteiger partial charge on any atom is -0.383 e. The van der Waals surface area contributed by atoms with E-state index in [2.05, 4.69) is 62.2 Å². The van der Waals surface area contributed by atoms with E-state index >= 15 is 0 Å². The quantitative estimate of drug-likeness (QED) is 0.716. The maximum absolute atomic E-state index is 5.29. The van der Waals surface area contributed by atoms with Crippen LogP contribution in [-0.4, -0.2) is 37.7 Å². The molecule has 3 nitrogen and oxygen atoms in total. The second kappa shape index (κ2) is 9.93. The lowest BCUT2D eigenvalue weighted by atomic mass is 10.1. The molecule has 0 saturated carbocycles. The fraction of sp³-hybridized carbons (Fsp3) is 0.667. The Kier molecular flexibility index (Phi) is 8.58. The Morgan fingerprint density at radius 1 is 1.14 bits per heavy atom. The van der Waals surface area contributed by atoms with E-state index in [9.17, 15) is 0 Å². The Morgan fingerprint density at radius 3 is 2.38 bits per heavy atom. The molecule has 0 aromatic heterocycles. The van der Waals surface area contributed by atoms with Gasteiger partial charge in [0.05, 0.1) is 6.61 Å². The third-order valence-electron chi connectivity index (χ3n) is 3.80. The Labute approximate surface area is 130 Å². The lowest BCUT2D eigenvalue weighted by Gasteiger charge is -2.28. The maximum atomic E-state index is 5.29. The summed E-state index contributed by atoms with van der Waals surface area (Å²) in [5.41, 5.74) is 2.82. The summed E-state index contributed by atoms with van der Waals surface area (Å²) < 4.78 is 5.29. The Morgan fingerprint density at radius 2 is 1.81 bits per heavy atom. The third-order valence-corrected chi connectivity index (χ3v) is 3.80. The van der Waals surface area contributed by atoms with Crippen LogP contribution in [-0.2, 0) is 17.8 Å². The fourth-order valence-corrected chi connectivity index (χ4v) is 2.52. The smallest absolute Gasteiger partial charge is 0.0615 e. The molecule has 21 heavy (non-hydrogen) atoms. The molecule has 120 valence electrons. The normalized spacial score (nSPS) is 13.1. The summed E-state index contributed by atoms with van der Waals surface area (Å²) in [7, 11) is 1.77. The van der Waals surface area contributed by atoms with Gasteiger partial charge in [0.2, 0.25) is 0 Å². The second-order valence-electron chi connectivity index (χ2n) is 6.16. The molecular formula is C18H32N2O. The molecule has 0 fully saturated rings. The van der Waals surface area contributed by atoms with Crippen LogP contribution >= 0.6 is 0 Å². The number of nitrogens with zero attached hydrogens (tertiary/aromatic N) is 1. The topological polar surface area (TPSA) is 24.5 Å². The molecule has 0 aliphatic rings. The standard InChI is InChI=1S/C18H32N2O/c1-6-20(16(4)14-21-5)13-18-10-8-7-9-17(18)12-19-11-15(2)3/h7-10,15-16,19H,6,11-14H2,1-5H3. The highest BCUT2D eigenvalue weighted by Crippen LogP contribution is 2.14. The third kappa shape index (κ3) is 6.60. The Bertz CT molecular complexity index is 393. The van der Waals surface area contributed by atoms with Crippen LogP contribution in [0, 0.1) is 5.92 Å². The molecule has 1 rings (SSSR count). The van der Waals surface area contributed by atoms with E-state index in [-0.39, 0.29) is 0 Å². The van der Waals surface area contributed by atoms with Crippen LogP contribution in [0.3, 0.4) is 0 Å². The molecule has 0 aliphatic carbocycles. The van der Waals surface area contributed by atoms with Crippen LogP contribution in [0.2, 0.25) is 0 Å². The zero-order valence-electron chi connectivity index (χ0n) is 14.4. The van der Waals surface area contributed by atoms with E-state index in [1.807, 2.05) is 0 Å². The number of nitrogens with one attached hydrogen (secondary N) is 1. The number of likely N-dealkylation sites (N-methyl/N-ethyl adjacent to an activating group) is 1. The van der Waals surface area contributed by atoms with Gasteiger partial charge in [-0.2, -0.15) is 0 Å². The molecule has 0 spiro atoms. The first kappa shape index (κ1) is 18.1. The molecule has 1 aromatic carbocycles. The lowest BCUT2D eigenvalue weighted by Crippen LogP contribution is -2.36. The van der Waals surface area contributed by atoms with Gasteiger partial charge in [0.25, 0.3) is 0 Å². The Balaban J connectivity index is 2.68. The number of ether oxygens (including phenoxy) is 1. The van der Waals surface area contributed by atoms with Crippen molar-refractivity contribution in [3.05, 3.63) is 35.4 Å². The predicted molar refractivity (Wildman–Crippen MR) is 90.4 cm³/mol. The maximum Gasteiger partial charge on any atom is 0.0615 e. The van der Waals surface area contributed by atoms with Gasteiger partial charge >= 0.3 is 0 Å². The first-order valence-corrected chi connectivity index (χ1v) is 8.08. The zero-order chi connectivity index (χ0) is 15.7. The lowest BCUT2D eigenvalue weighted by molar-refractivity contribution is 0.0980. The van der Waals surface area contributed by atoms with Gasteiger partial charge in [0.1, 0.15) is 0 Å². The van der Waals surface area contributed by atoms with E-state index in [0.29, 0.717) is 12.0 Å². The van der Waals surface area contributed by atoms with Crippen molar-refractivity contribution in [3.8, 4) is 0 Å². The highest BCUT2D eigenvalue weighted by atomic mass is 16.5. The number of benzene rings is 1. The highest BCUT2D eigenvalue weighted by molar-refractivity contribution is 5.27. The number of hydrogen-bond donors (Lipinski definition) is 1. The van der Waals surface area contributed by atoms with E-state index in [4.69, 9.17) is 4.74 Å². The van der Waals surface area contributed by atoms with Gasteiger partial charge in [-0.15, -0.1) is 0 Å². The number of rotatable bonds is 10. The van der Waals surface area contributed by atoms with E-state index in [0.717, 1.165) is 32.8 Å². The van der Waals surface area contributed by atoms with Gasteiger partial charge in [-0.25, -0.2) is 0 Å². The van der Waals surface area contributed by atoms with Crippen LogP contribution in [0.25, 0.3) is 0 Å². The molecule has 0 aliphatic heterocycles. The van der Waals surface area contributed by atoms with Crippen molar-refractivity contribution < 1.29 is 4.74 Å². The molecule has 1 atom stereocenters. The van der Waals surface area contributed by atoms with Crippen molar-refractivity contribution >= 4 is 0 Å². The van der Waals surface area contributed by atoms with Gasteiger partial charge in [-0.05, 0) is 37.1 Å². The molecule has 1 N–H and O–H groups in total. The molecule has 1 aromatic rings. The second-order valence-corrected chi connectivity index (χ2v) is 6.16. The SMILES string of the molecule is CCN(Cc1ccccc1CNCC(C)C)C(C)COC. The fourth-order valence-electron chi connectivity index (χ4n) is 2.52. The minimum absolute atomic E-state index is 0.441. The number of hydrogen-bond acceptors (Lipinski definition) is 3.